The number of halogens is 2. The summed E-state index contributed by atoms with van der Waals surface area (Å²) < 4.78 is 19.9. The van der Waals surface area contributed by atoms with Gasteiger partial charge in [0.25, 0.3) is 5.91 Å². The summed E-state index contributed by atoms with van der Waals surface area (Å²) in [6.45, 7) is -0.239. The molecule has 24 heavy (non-hydrogen) atoms. The summed E-state index contributed by atoms with van der Waals surface area (Å²) in [4.78, 5) is 24.9. The van der Waals surface area contributed by atoms with Crippen molar-refractivity contribution >= 4 is 40.2 Å². The zero-order valence-corrected chi connectivity index (χ0v) is 14.8. The Bertz CT molecular complexity index is 724. The maximum absolute atomic E-state index is 13.7. The molecule has 2 rings (SSSR count). The minimum atomic E-state index is -1.21. The van der Waals surface area contributed by atoms with Crippen molar-refractivity contribution in [3.8, 4) is 5.75 Å². The van der Waals surface area contributed by atoms with Gasteiger partial charge in [0.05, 0.1) is 12.3 Å². The van der Waals surface area contributed by atoms with Gasteiger partial charge in [-0.25, -0.2) is 4.39 Å². The Kier molecular flexibility index (Phi) is 6.53. The number of hydrogen-bond acceptors (Lipinski definition) is 3. The number of amides is 1. The summed E-state index contributed by atoms with van der Waals surface area (Å²) in [5, 5.41) is 9.15. The van der Waals surface area contributed by atoms with Crippen LogP contribution in [0.5, 0.6) is 5.75 Å². The summed E-state index contributed by atoms with van der Waals surface area (Å²) in [6.07, 6.45) is 0. The number of alkyl halides is 1. The number of anilines is 1. The summed E-state index contributed by atoms with van der Waals surface area (Å²) in [7, 11) is 0. The molecule has 0 unspecified atom stereocenters. The van der Waals surface area contributed by atoms with Gasteiger partial charge in [-0.1, -0.05) is 40.8 Å². The second kappa shape index (κ2) is 8.62. The number of carboxylic acid groups (broad SMARTS) is 1. The maximum atomic E-state index is 13.7. The molecule has 0 aliphatic rings. The molecular formula is C17H15FINO4. The summed E-state index contributed by atoms with van der Waals surface area (Å²) in [5.41, 5.74) is 0.402. The van der Waals surface area contributed by atoms with E-state index in [1.54, 1.807) is 30.3 Å². The van der Waals surface area contributed by atoms with E-state index >= 15 is 0 Å². The van der Waals surface area contributed by atoms with Gasteiger partial charge in [0.1, 0.15) is 18.1 Å². The summed E-state index contributed by atoms with van der Waals surface area (Å²) >= 11 is 2.12. The molecule has 7 heteroatoms. The Morgan fingerprint density at radius 2 is 1.88 bits per heavy atom. The van der Waals surface area contributed by atoms with Crippen LogP contribution in [0.3, 0.4) is 0 Å². The Morgan fingerprint density at radius 1 is 1.17 bits per heavy atom. The van der Waals surface area contributed by atoms with Crippen LogP contribution in [0.15, 0.2) is 48.5 Å². The number of nitrogens with zero attached hydrogens (tertiary/aromatic N) is 1. The molecule has 0 radical (unpaired) electrons. The van der Waals surface area contributed by atoms with Crippen LogP contribution >= 0.6 is 22.6 Å². The first-order chi connectivity index (χ1) is 11.5. The summed E-state index contributed by atoms with van der Waals surface area (Å²) in [5.74, 6) is -2.06. The van der Waals surface area contributed by atoms with Gasteiger partial charge >= 0.3 is 5.97 Å². The highest BCUT2D eigenvalue weighted by molar-refractivity contribution is 14.1. The Hall–Kier alpha value is -2.16. The van der Waals surface area contributed by atoms with Crippen molar-refractivity contribution in [3.63, 3.8) is 0 Å². The van der Waals surface area contributed by atoms with E-state index in [1.165, 1.54) is 12.1 Å². The van der Waals surface area contributed by atoms with Crippen molar-refractivity contribution in [2.75, 3.05) is 22.5 Å². The molecular weight excluding hydrogens is 428 g/mol. The second-order valence-electron chi connectivity index (χ2n) is 4.80. The molecule has 1 N–H and O–H groups in total. The number of carbonyl (C=O) groups excluding carboxylic acids is 1. The third kappa shape index (κ3) is 4.67. The lowest BCUT2D eigenvalue weighted by molar-refractivity contribution is -0.135. The molecule has 1 amide bonds. The fourth-order valence-electron chi connectivity index (χ4n) is 2.11. The number of benzene rings is 2. The third-order valence-electron chi connectivity index (χ3n) is 3.11. The van der Waals surface area contributed by atoms with Gasteiger partial charge in [0.15, 0.2) is 0 Å². The van der Waals surface area contributed by atoms with Gasteiger partial charge in [-0.2, -0.15) is 0 Å². The first-order valence-corrected chi connectivity index (χ1v) is 8.62. The van der Waals surface area contributed by atoms with E-state index in [1.807, 2.05) is 0 Å². The summed E-state index contributed by atoms with van der Waals surface area (Å²) in [6, 6.07) is 11.9. The molecule has 0 heterocycles. The highest BCUT2D eigenvalue weighted by Crippen LogP contribution is 2.30. The van der Waals surface area contributed by atoms with Crippen LogP contribution in [-0.4, -0.2) is 34.6 Å². The zero-order chi connectivity index (χ0) is 17.5. The first kappa shape index (κ1) is 18.2. The molecule has 0 fully saturated rings. The second-order valence-corrected chi connectivity index (χ2v) is 5.88. The van der Waals surface area contributed by atoms with Crippen LogP contribution in [-0.2, 0) is 4.79 Å². The van der Waals surface area contributed by atoms with E-state index < -0.39 is 24.2 Å². The minimum Gasteiger partial charge on any atom is -0.491 e. The molecule has 2 aromatic rings. The van der Waals surface area contributed by atoms with Crippen molar-refractivity contribution in [1.29, 1.82) is 0 Å². The average Bonchev–Trinajstić information content (AvgIpc) is 2.58. The predicted octanol–water partition coefficient (Wildman–Crippen LogP) is 3.37. The van der Waals surface area contributed by atoms with E-state index in [2.05, 4.69) is 22.6 Å². The van der Waals surface area contributed by atoms with E-state index in [0.29, 0.717) is 16.6 Å². The number of hydrogen-bond donors (Lipinski definition) is 1. The molecule has 0 saturated carbocycles. The highest BCUT2D eigenvalue weighted by Gasteiger charge is 2.24. The molecule has 0 aromatic heterocycles. The van der Waals surface area contributed by atoms with E-state index in [4.69, 9.17) is 9.84 Å². The molecule has 0 atom stereocenters. The third-order valence-corrected chi connectivity index (χ3v) is 3.55. The standard InChI is InChI=1S/C17H15FINO4/c18-13-6-7-15(24-9-8-19)14(10-13)20(11-16(21)22)17(23)12-4-2-1-3-5-12/h1-7,10H,8-9,11H2,(H,21,22). The number of aliphatic carboxylic acids is 1. The topological polar surface area (TPSA) is 66.8 Å². The Balaban J connectivity index is 2.46. The Morgan fingerprint density at radius 3 is 2.50 bits per heavy atom. The van der Waals surface area contributed by atoms with Crippen molar-refractivity contribution in [3.05, 3.63) is 59.9 Å². The molecule has 0 aliphatic carbocycles. The lowest BCUT2D eigenvalue weighted by atomic mass is 10.1. The maximum Gasteiger partial charge on any atom is 0.323 e. The van der Waals surface area contributed by atoms with Gasteiger partial charge in [0, 0.05) is 16.1 Å². The predicted molar refractivity (Wildman–Crippen MR) is 96.5 cm³/mol. The van der Waals surface area contributed by atoms with Gasteiger partial charge in [0.2, 0.25) is 0 Å². The number of carboxylic acids is 1. The van der Waals surface area contributed by atoms with Crippen molar-refractivity contribution in [2.45, 2.75) is 0 Å². The van der Waals surface area contributed by atoms with Crippen molar-refractivity contribution in [1.82, 2.24) is 0 Å². The van der Waals surface area contributed by atoms with E-state index in [-0.39, 0.29) is 11.4 Å². The van der Waals surface area contributed by atoms with Crippen molar-refractivity contribution < 1.29 is 23.8 Å². The largest absolute Gasteiger partial charge is 0.491 e. The molecule has 5 nitrogen and oxygen atoms in total. The molecule has 126 valence electrons. The van der Waals surface area contributed by atoms with Crippen LogP contribution in [0.1, 0.15) is 10.4 Å². The smallest absolute Gasteiger partial charge is 0.323 e. The van der Waals surface area contributed by atoms with Gasteiger partial charge in [-0.15, -0.1) is 0 Å². The van der Waals surface area contributed by atoms with Crippen LogP contribution in [0.4, 0.5) is 10.1 Å². The Labute approximate surface area is 152 Å². The quantitative estimate of drug-likeness (QED) is 0.527. The normalized spacial score (nSPS) is 10.2. The molecule has 0 saturated heterocycles. The van der Waals surface area contributed by atoms with Gasteiger partial charge in [-0.3, -0.25) is 14.5 Å². The fraction of sp³-hybridized carbons (Fsp3) is 0.176. The molecule has 2 aromatic carbocycles. The van der Waals surface area contributed by atoms with Crippen molar-refractivity contribution in [2.24, 2.45) is 0 Å². The van der Waals surface area contributed by atoms with Gasteiger partial charge < -0.3 is 9.84 Å². The zero-order valence-electron chi connectivity index (χ0n) is 12.6. The fourth-order valence-corrected chi connectivity index (χ4v) is 2.33. The van der Waals surface area contributed by atoms with E-state index in [9.17, 15) is 14.0 Å². The molecule has 0 spiro atoms. The number of rotatable bonds is 7. The number of ether oxygens (including phenoxy) is 1. The van der Waals surface area contributed by atoms with E-state index in [0.717, 1.165) is 11.0 Å². The first-order valence-electron chi connectivity index (χ1n) is 7.10. The monoisotopic (exact) mass is 443 g/mol. The SMILES string of the molecule is O=C(O)CN(C(=O)c1ccccc1)c1cc(F)ccc1OCCI. The number of carbonyl (C=O) groups is 2. The molecule has 0 aliphatic heterocycles. The van der Waals surface area contributed by atoms with Gasteiger partial charge in [-0.05, 0) is 24.3 Å². The lowest BCUT2D eigenvalue weighted by Crippen LogP contribution is -2.36. The highest BCUT2D eigenvalue weighted by atomic mass is 127. The van der Waals surface area contributed by atoms with Crippen LogP contribution in [0.2, 0.25) is 0 Å². The van der Waals surface area contributed by atoms with Crippen LogP contribution in [0, 0.1) is 5.82 Å². The van der Waals surface area contributed by atoms with Crippen LogP contribution in [0.25, 0.3) is 0 Å². The molecule has 0 bridgehead atoms. The van der Waals surface area contributed by atoms with Crippen LogP contribution < -0.4 is 9.64 Å². The average molecular weight is 443 g/mol. The minimum absolute atomic E-state index is 0.0936. The lowest BCUT2D eigenvalue weighted by Gasteiger charge is -2.23.